The van der Waals surface area contributed by atoms with Crippen molar-refractivity contribution in [2.24, 2.45) is 7.05 Å². The number of ether oxygens (including phenoxy) is 1. The van der Waals surface area contributed by atoms with E-state index in [1.54, 1.807) is 36.1 Å². The lowest BCUT2D eigenvalue weighted by Gasteiger charge is -2.22. The van der Waals surface area contributed by atoms with Crippen molar-refractivity contribution < 1.29 is 9.53 Å². The Bertz CT molecular complexity index is 1060. The van der Waals surface area contributed by atoms with Crippen LogP contribution in [0.15, 0.2) is 42.6 Å². The second kappa shape index (κ2) is 7.49. The highest BCUT2D eigenvalue weighted by Gasteiger charge is 2.24. The van der Waals surface area contributed by atoms with Crippen LogP contribution in [0.5, 0.6) is 5.75 Å². The Morgan fingerprint density at radius 3 is 2.82 bits per heavy atom. The standard InChI is InChI=1S/C21H19Cl2N3O2/c1-12-17(11-24-26(12)2)21(27)25-20(16-10-15(22)4-5-18(16)23)14-3-6-19-13(9-14)7-8-28-19/h3-6,9-11,20H,7-8H2,1-2H3,(H,25,27). The summed E-state index contributed by atoms with van der Waals surface area (Å²) in [7, 11) is 1.80. The van der Waals surface area contributed by atoms with Crippen molar-refractivity contribution in [1.29, 1.82) is 0 Å². The van der Waals surface area contributed by atoms with Gasteiger partial charge in [-0.1, -0.05) is 29.3 Å². The lowest BCUT2D eigenvalue weighted by molar-refractivity contribution is 0.0942. The van der Waals surface area contributed by atoms with Crippen LogP contribution in [0.2, 0.25) is 10.0 Å². The van der Waals surface area contributed by atoms with Gasteiger partial charge >= 0.3 is 0 Å². The molecule has 0 saturated carbocycles. The molecule has 0 fully saturated rings. The maximum atomic E-state index is 13.0. The minimum atomic E-state index is -0.454. The van der Waals surface area contributed by atoms with E-state index in [-0.39, 0.29) is 5.91 Å². The summed E-state index contributed by atoms with van der Waals surface area (Å²) in [4.78, 5) is 13.0. The zero-order valence-corrected chi connectivity index (χ0v) is 17.0. The molecule has 7 heteroatoms. The summed E-state index contributed by atoms with van der Waals surface area (Å²) in [6, 6.07) is 10.7. The van der Waals surface area contributed by atoms with Crippen molar-refractivity contribution in [3.8, 4) is 5.75 Å². The largest absolute Gasteiger partial charge is 0.493 e. The van der Waals surface area contributed by atoms with Gasteiger partial charge in [0.15, 0.2) is 0 Å². The van der Waals surface area contributed by atoms with Gasteiger partial charge in [-0.25, -0.2) is 0 Å². The molecule has 5 nitrogen and oxygen atoms in total. The van der Waals surface area contributed by atoms with Gasteiger partial charge in [0.2, 0.25) is 0 Å². The van der Waals surface area contributed by atoms with Gasteiger partial charge in [0.05, 0.1) is 24.4 Å². The molecule has 1 atom stereocenters. The Morgan fingerprint density at radius 2 is 2.07 bits per heavy atom. The number of nitrogens with zero attached hydrogens (tertiary/aromatic N) is 2. The third kappa shape index (κ3) is 3.48. The first kappa shape index (κ1) is 18.8. The fourth-order valence-corrected chi connectivity index (χ4v) is 3.80. The van der Waals surface area contributed by atoms with Crippen LogP contribution in [0.1, 0.15) is 38.8 Å². The van der Waals surface area contributed by atoms with E-state index in [2.05, 4.69) is 16.5 Å². The van der Waals surface area contributed by atoms with Crippen molar-refractivity contribution in [2.45, 2.75) is 19.4 Å². The zero-order valence-electron chi connectivity index (χ0n) is 15.5. The molecule has 1 unspecified atom stereocenters. The SMILES string of the molecule is Cc1c(C(=O)NC(c2ccc3c(c2)CCO3)c2cc(Cl)ccc2Cl)cnn1C. The number of aryl methyl sites for hydroxylation is 1. The number of nitrogens with one attached hydrogen (secondary N) is 1. The molecule has 0 saturated heterocycles. The van der Waals surface area contributed by atoms with Gasteiger partial charge < -0.3 is 10.1 Å². The van der Waals surface area contributed by atoms with Crippen LogP contribution in [0.4, 0.5) is 0 Å². The first-order valence-corrected chi connectivity index (χ1v) is 9.69. The molecule has 3 aromatic rings. The molecule has 1 amide bonds. The van der Waals surface area contributed by atoms with Gasteiger partial charge in [-0.15, -0.1) is 0 Å². The van der Waals surface area contributed by atoms with Crippen LogP contribution in [0, 0.1) is 6.92 Å². The molecule has 144 valence electrons. The number of rotatable bonds is 4. The molecule has 2 heterocycles. The van der Waals surface area contributed by atoms with E-state index in [0.29, 0.717) is 22.2 Å². The summed E-state index contributed by atoms with van der Waals surface area (Å²) in [5.41, 5.74) is 4.09. The van der Waals surface area contributed by atoms with Crippen molar-refractivity contribution in [3.05, 3.63) is 80.6 Å². The highest BCUT2D eigenvalue weighted by molar-refractivity contribution is 6.33. The maximum absolute atomic E-state index is 13.0. The topological polar surface area (TPSA) is 56.1 Å². The molecular formula is C21H19Cl2N3O2. The Labute approximate surface area is 173 Å². The summed E-state index contributed by atoms with van der Waals surface area (Å²) in [5, 5.41) is 8.36. The third-order valence-corrected chi connectivity index (χ3v) is 5.65. The molecule has 0 bridgehead atoms. The molecule has 1 aromatic heterocycles. The van der Waals surface area contributed by atoms with Gasteiger partial charge in [0.1, 0.15) is 5.75 Å². The van der Waals surface area contributed by atoms with Crippen LogP contribution in [0.3, 0.4) is 0 Å². The molecular weight excluding hydrogens is 397 g/mol. The summed E-state index contributed by atoms with van der Waals surface area (Å²) in [5.74, 6) is 0.664. The lowest BCUT2D eigenvalue weighted by Crippen LogP contribution is -2.30. The number of aromatic nitrogens is 2. The zero-order chi connectivity index (χ0) is 19.8. The number of hydrogen-bond acceptors (Lipinski definition) is 3. The van der Waals surface area contributed by atoms with E-state index in [1.165, 1.54) is 0 Å². The average Bonchev–Trinajstić information content (AvgIpc) is 3.28. The molecule has 1 aliphatic heterocycles. The molecule has 0 radical (unpaired) electrons. The quantitative estimate of drug-likeness (QED) is 0.682. The fraction of sp³-hybridized carbons (Fsp3) is 0.238. The second-order valence-electron chi connectivity index (χ2n) is 6.81. The number of benzene rings is 2. The predicted molar refractivity (Wildman–Crippen MR) is 109 cm³/mol. The van der Waals surface area contributed by atoms with Crippen molar-refractivity contribution >= 4 is 29.1 Å². The molecule has 28 heavy (non-hydrogen) atoms. The van der Waals surface area contributed by atoms with Gasteiger partial charge in [-0.2, -0.15) is 5.10 Å². The van der Waals surface area contributed by atoms with Gasteiger partial charge in [0.25, 0.3) is 5.91 Å². The van der Waals surface area contributed by atoms with E-state index in [9.17, 15) is 4.79 Å². The van der Waals surface area contributed by atoms with Crippen LogP contribution in [0.25, 0.3) is 0 Å². The monoisotopic (exact) mass is 415 g/mol. The van der Waals surface area contributed by atoms with Crippen LogP contribution in [-0.4, -0.2) is 22.3 Å². The first-order valence-electron chi connectivity index (χ1n) is 8.94. The molecule has 0 spiro atoms. The van der Waals surface area contributed by atoms with E-state index >= 15 is 0 Å². The Kier molecular flexibility index (Phi) is 5.04. The normalized spacial score (nSPS) is 13.7. The van der Waals surface area contributed by atoms with E-state index in [4.69, 9.17) is 27.9 Å². The third-order valence-electron chi connectivity index (χ3n) is 5.07. The van der Waals surface area contributed by atoms with E-state index in [0.717, 1.165) is 34.6 Å². The second-order valence-corrected chi connectivity index (χ2v) is 7.65. The molecule has 0 aliphatic carbocycles. The number of carbonyl (C=O) groups excluding carboxylic acids is 1. The maximum Gasteiger partial charge on any atom is 0.255 e. The van der Waals surface area contributed by atoms with Crippen LogP contribution in [-0.2, 0) is 13.5 Å². The number of carbonyl (C=O) groups is 1. The van der Waals surface area contributed by atoms with Crippen LogP contribution >= 0.6 is 23.2 Å². The molecule has 2 aromatic carbocycles. The lowest BCUT2D eigenvalue weighted by atomic mass is 9.96. The minimum absolute atomic E-state index is 0.219. The predicted octanol–water partition coefficient (Wildman–Crippen LogP) is 4.49. The number of hydrogen-bond donors (Lipinski definition) is 1. The number of fused-ring (bicyclic) bond motifs is 1. The Morgan fingerprint density at radius 1 is 1.25 bits per heavy atom. The van der Waals surface area contributed by atoms with Crippen molar-refractivity contribution in [2.75, 3.05) is 6.61 Å². The average molecular weight is 416 g/mol. The Balaban J connectivity index is 1.76. The van der Waals surface area contributed by atoms with Gasteiger partial charge in [-0.3, -0.25) is 9.48 Å². The highest BCUT2D eigenvalue weighted by atomic mass is 35.5. The van der Waals surface area contributed by atoms with Crippen molar-refractivity contribution in [1.82, 2.24) is 15.1 Å². The summed E-state index contributed by atoms with van der Waals surface area (Å²) < 4.78 is 7.27. The first-order chi connectivity index (χ1) is 13.4. The smallest absolute Gasteiger partial charge is 0.255 e. The van der Waals surface area contributed by atoms with Crippen LogP contribution < -0.4 is 10.1 Å². The van der Waals surface area contributed by atoms with E-state index < -0.39 is 6.04 Å². The summed E-state index contributed by atoms with van der Waals surface area (Å²) in [6.45, 7) is 2.53. The summed E-state index contributed by atoms with van der Waals surface area (Å²) >= 11 is 12.7. The molecule has 4 rings (SSSR count). The van der Waals surface area contributed by atoms with E-state index in [1.807, 2.05) is 19.1 Å². The highest BCUT2D eigenvalue weighted by Crippen LogP contribution is 2.34. The van der Waals surface area contributed by atoms with Gasteiger partial charge in [-0.05, 0) is 53.9 Å². The van der Waals surface area contributed by atoms with Gasteiger partial charge in [0, 0.05) is 29.2 Å². The summed E-state index contributed by atoms with van der Waals surface area (Å²) in [6.07, 6.45) is 2.41. The molecule has 1 N–H and O–H groups in total. The number of halogens is 2. The van der Waals surface area contributed by atoms with Crippen molar-refractivity contribution in [3.63, 3.8) is 0 Å². The number of amides is 1. The fourth-order valence-electron chi connectivity index (χ4n) is 3.39. The minimum Gasteiger partial charge on any atom is -0.493 e. The molecule has 1 aliphatic rings. The Hall–Kier alpha value is -2.50.